The van der Waals surface area contributed by atoms with Crippen LogP contribution in [0.5, 0.6) is 5.75 Å². The first-order valence-electron chi connectivity index (χ1n) is 12.0. The Bertz CT molecular complexity index is 920. The molecule has 1 N–H and O–H groups in total. The summed E-state index contributed by atoms with van der Waals surface area (Å²) in [6.07, 6.45) is 3.76. The number of methoxy groups -OCH3 is 2. The van der Waals surface area contributed by atoms with Gasteiger partial charge >= 0.3 is 13.1 Å². The number of esters is 1. The first-order valence-corrected chi connectivity index (χ1v) is 12.0. The first-order chi connectivity index (χ1) is 15.6. The molecule has 1 heterocycles. The van der Waals surface area contributed by atoms with Crippen molar-refractivity contribution >= 4 is 19.0 Å². The Kier molecular flexibility index (Phi) is 6.53. The summed E-state index contributed by atoms with van der Waals surface area (Å²) in [6, 6.07) is 5.37. The standard InChI is InChI=1S/C25H36BNO6/c1-7-9-21(28)27-20(12-15-10-8-11-17(22(15)30-5)23(29)31-6)26-32-19-14-16-13-18(24(16,2)3)25(19,4)33-26/h8,10-11,16,18-20H,7,9,12-14H2,1-6H3,(H,27,28). The molecule has 5 atom stereocenters. The second-order valence-electron chi connectivity index (χ2n) is 10.5. The number of rotatable bonds is 8. The number of hydrogen-bond acceptors (Lipinski definition) is 6. The number of benzene rings is 1. The summed E-state index contributed by atoms with van der Waals surface area (Å²) in [5.74, 6) is 0.616. The number of ether oxygens (including phenoxy) is 2. The lowest BCUT2D eigenvalue weighted by atomic mass is 9.43. The number of nitrogens with one attached hydrogen (secondary N) is 1. The zero-order valence-electron chi connectivity index (χ0n) is 20.6. The van der Waals surface area contributed by atoms with Crippen molar-refractivity contribution < 1.29 is 28.4 Å². The zero-order valence-corrected chi connectivity index (χ0v) is 20.6. The van der Waals surface area contributed by atoms with Crippen molar-refractivity contribution in [3.05, 3.63) is 29.3 Å². The molecule has 1 aromatic rings. The van der Waals surface area contributed by atoms with Crippen molar-refractivity contribution in [3.8, 4) is 5.75 Å². The van der Waals surface area contributed by atoms with Gasteiger partial charge in [-0.3, -0.25) is 4.79 Å². The van der Waals surface area contributed by atoms with E-state index in [9.17, 15) is 9.59 Å². The molecule has 3 saturated carbocycles. The van der Waals surface area contributed by atoms with Gasteiger partial charge in [-0.05, 0) is 61.5 Å². The molecule has 0 radical (unpaired) electrons. The van der Waals surface area contributed by atoms with Gasteiger partial charge in [0.15, 0.2) is 0 Å². The minimum Gasteiger partial charge on any atom is -0.496 e. The summed E-state index contributed by atoms with van der Waals surface area (Å²) < 4.78 is 23.6. The number of hydrogen-bond donors (Lipinski definition) is 1. The van der Waals surface area contributed by atoms with Crippen molar-refractivity contribution in [2.24, 2.45) is 17.3 Å². The predicted molar refractivity (Wildman–Crippen MR) is 125 cm³/mol. The van der Waals surface area contributed by atoms with Crippen LogP contribution >= 0.6 is 0 Å². The maximum atomic E-state index is 12.6. The fourth-order valence-electron chi connectivity index (χ4n) is 6.29. The molecule has 5 unspecified atom stereocenters. The van der Waals surface area contributed by atoms with E-state index in [2.05, 4.69) is 26.1 Å². The van der Waals surface area contributed by atoms with Crippen LogP contribution in [-0.4, -0.2) is 50.9 Å². The quantitative estimate of drug-likeness (QED) is 0.475. The smallest absolute Gasteiger partial charge is 0.482 e. The Balaban J connectivity index is 1.61. The predicted octanol–water partition coefficient (Wildman–Crippen LogP) is 3.58. The molecule has 33 heavy (non-hydrogen) atoms. The molecule has 1 aromatic carbocycles. The fourth-order valence-corrected chi connectivity index (χ4v) is 6.29. The van der Waals surface area contributed by atoms with Crippen molar-refractivity contribution in [1.82, 2.24) is 5.32 Å². The molecular weight excluding hydrogens is 421 g/mol. The molecule has 2 bridgehead atoms. The fraction of sp³-hybridized carbons (Fsp3) is 0.680. The highest BCUT2D eigenvalue weighted by atomic mass is 16.7. The Hall–Kier alpha value is -2.06. The van der Waals surface area contributed by atoms with Gasteiger partial charge in [-0.1, -0.05) is 32.9 Å². The van der Waals surface area contributed by atoms with Crippen LogP contribution in [0.4, 0.5) is 0 Å². The van der Waals surface area contributed by atoms with E-state index in [1.54, 1.807) is 12.1 Å². The Morgan fingerprint density at radius 2 is 2.00 bits per heavy atom. The van der Waals surface area contributed by atoms with Crippen LogP contribution < -0.4 is 10.1 Å². The van der Waals surface area contributed by atoms with E-state index < -0.39 is 19.0 Å². The molecule has 7 nitrogen and oxygen atoms in total. The molecule has 0 spiro atoms. The van der Waals surface area contributed by atoms with Crippen LogP contribution in [0.2, 0.25) is 0 Å². The third kappa shape index (κ3) is 4.05. The molecule has 180 valence electrons. The highest BCUT2D eigenvalue weighted by Gasteiger charge is 2.68. The van der Waals surface area contributed by atoms with Crippen molar-refractivity contribution in [2.75, 3.05) is 14.2 Å². The third-order valence-corrected chi connectivity index (χ3v) is 8.27. The number of carbonyl (C=O) groups excluding carboxylic acids is 2. The van der Waals surface area contributed by atoms with Gasteiger partial charge < -0.3 is 24.1 Å². The van der Waals surface area contributed by atoms with Gasteiger partial charge in [-0.15, -0.1) is 0 Å². The van der Waals surface area contributed by atoms with Gasteiger partial charge in [-0.25, -0.2) is 4.79 Å². The van der Waals surface area contributed by atoms with Crippen LogP contribution in [0.3, 0.4) is 0 Å². The van der Waals surface area contributed by atoms with Gasteiger partial charge in [0.25, 0.3) is 0 Å². The second kappa shape index (κ2) is 8.95. The molecule has 1 aliphatic heterocycles. The first kappa shape index (κ1) is 24.1. The SMILES string of the molecule is CCCC(=O)NC(Cc1cccc(C(=O)OC)c1OC)B1OC2CC3CC(C3(C)C)C2(C)O1. The molecular formula is C25H36BNO6. The van der Waals surface area contributed by atoms with Gasteiger partial charge in [0.1, 0.15) is 11.3 Å². The molecule has 3 aliphatic carbocycles. The number of amides is 1. The van der Waals surface area contributed by atoms with E-state index in [1.165, 1.54) is 14.2 Å². The van der Waals surface area contributed by atoms with Gasteiger partial charge in [0.2, 0.25) is 5.91 Å². The molecule has 1 amide bonds. The number of para-hydroxylation sites is 1. The van der Waals surface area contributed by atoms with Gasteiger partial charge in [0.05, 0.1) is 31.9 Å². The average Bonchev–Trinajstić information content (AvgIpc) is 3.15. The summed E-state index contributed by atoms with van der Waals surface area (Å²) in [6.45, 7) is 8.80. The van der Waals surface area contributed by atoms with Crippen LogP contribution in [0.25, 0.3) is 0 Å². The minimum absolute atomic E-state index is 0.0214. The normalized spacial score (nSPS) is 30.1. The molecule has 0 aromatic heterocycles. The summed E-state index contributed by atoms with van der Waals surface area (Å²) >= 11 is 0. The minimum atomic E-state index is -0.567. The highest BCUT2D eigenvalue weighted by molar-refractivity contribution is 6.48. The van der Waals surface area contributed by atoms with E-state index in [1.807, 2.05) is 13.0 Å². The second-order valence-corrected chi connectivity index (χ2v) is 10.5. The van der Waals surface area contributed by atoms with Crippen molar-refractivity contribution in [3.63, 3.8) is 0 Å². The van der Waals surface area contributed by atoms with Crippen LogP contribution in [0, 0.1) is 17.3 Å². The summed E-state index contributed by atoms with van der Waals surface area (Å²) in [4.78, 5) is 24.9. The molecule has 4 aliphatic rings. The van der Waals surface area contributed by atoms with Crippen LogP contribution in [0.15, 0.2) is 18.2 Å². The summed E-state index contributed by atoms with van der Waals surface area (Å²) in [5, 5.41) is 3.14. The molecule has 4 fully saturated rings. The summed E-state index contributed by atoms with van der Waals surface area (Å²) in [5.41, 5.74) is 1.02. The number of carbonyl (C=O) groups is 2. The lowest BCUT2D eigenvalue weighted by molar-refractivity contribution is -0.199. The molecule has 1 saturated heterocycles. The van der Waals surface area contributed by atoms with Crippen LogP contribution in [0.1, 0.15) is 69.3 Å². The van der Waals surface area contributed by atoms with Crippen molar-refractivity contribution in [1.29, 1.82) is 0 Å². The maximum Gasteiger partial charge on any atom is 0.482 e. The Morgan fingerprint density at radius 3 is 2.64 bits per heavy atom. The van der Waals surface area contributed by atoms with E-state index >= 15 is 0 Å². The van der Waals surface area contributed by atoms with Crippen LogP contribution in [-0.2, 0) is 25.3 Å². The topological polar surface area (TPSA) is 83.1 Å². The van der Waals surface area contributed by atoms with Gasteiger partial charge in [0, 0.05) is 6.42 Å². The van der Waals surface area contributed by atoms with E-state index in [0.717, 1.165) is 24.8 Å². The van der Waals surface area contributed by atoms with Gasteiger partial charge in [-0.2, -0.15) is 0 Å². The lowest BCUT2D eigenvalue weighted by Crippen LogP contribution is -2.65. The Morgan fingerprint density at radius 1 is 1.24 bits per heavy atom. The average molecular weight is 457 g/mol. The van der Waals surface area contributed by atoms with E-state index in [0.29, 0.717) is 36.0 Å². The summed E-state index contributed by atoms with van der Waals surface area (Å²) in [7, 11) is 2.31. The molecule has 5 rings (SSSR count). The van der Waals surface area contributed by atoms with E-state index in [4.69, 9.17) is 18.8 Å². The van der Waals surface area contributed by atoms with E-state index in [-0.39, 0.29) is 23.0 Å². The Labute approximate surface area is 197 Å². The molecule has 8 heteroatoms. The lowest BCUT2D eigenvalue weighted by Gasteiger charge is -2.64. The van der Waals surface area contributed by atoms with Crippen molar-refractivity contribution in [2.45, 2.75) is 77.4 Å². The maximum absolute atomic E-state index is 12.6. The largest absolute Gasteiger partial charge is 0.496 e. The monoisotopic (exact) mass is 457 g/mol. The highest BCUT2D eigenvalue weighted by Crippen LogP contribution is 2.65. The zero-order chi connectivity index (χ0) is 24.0. The third-order valence-electron chi connectivity index (χ3n) is 8.27.